The number of nitrogens with zero attached hydrogens (tertiary/aromatic N) is 2. The predicted octanol–water partition coefficient (Wildman–Crippen LogP) is 4.11. The molecule has 0 fully saturated rings. The fourth-order valence-electron chi connectivity index (χ4n) is 2.11. The summed E-state index contributed by atoms with van der Waals surface area (Å²) in [7, 11) is 3.48. The maximum atomic E-state index is 10.9. The molecule has 0 aliphatic rings. The van der Waals surface area contributed by atoms with Crippen molar-refractivity contribution in [3.63, 3.8) is 0 Å². The second kappa shape index (κ2) is 6.45. The van der Waals surface area contributed by atoms with Crippen molar-refractivity contribution in [2.24, 2.45) is 0 Å². The molecule has 2 rings (SSSR count). The molecule has 0 radical (unpaired) electrons. The van der Waals surface area contributed by atoms with E-state index in [0.29, 0.717) is 5.56 Å². The van der Waals surface area contributed by atoms with Crippen LogP contribution in [0.5, 0.6) is 5.75 Å². The van der Waals surface area contributed by atoms with E-state index in [1.165, 1.54) is 6.07 Å². The highest BCUT2D eigenvalue weighted by Crippen LogP contribution is 2.34. The van der Waals surface area contributed by atoms with E-state index in [-0.39, 0.29) is 11.6 Å². The number of methoxy groups -OCH3 is 1. The van der Waals surface area contributed by atoms with Crippen LogP contribution in [-0.4, -0.2) is 19.1 Å². The Hall–Kier alpha value is -2.27. The van der Waals surface area contributed by atoms with Gasteiger partial charge >= 0.3 is 0 Å². The largest absolute Gasteiger partial charge is 0.495 e. The molecule has 6 heteroatoms. The summed E-state index contributed by atoms with van der Waals surface area (Å²) in [6.45, 7) is 0. The summed E-state index contributed by atoms with van der Waals surface area (Å²) in [5.41, 5.74) is 2.19. The number of nitro groups is 1. The highest BCUT2D eigenvalue weighted by molar-refractivity contribution is 6.17. The smallest absolute Gasteiger partial charge is 0.273 e. The van der Waals surface area contributed by atoms with Gasteiger partial charge in [-0.25, -0.2) is 0 Å². The lowest BCUT2D eigenvalue weighted by molar-refractivity contribution is -0.385. The van der Waals surface area contributed by atoms with Crippen molar-refractivity contribution in [1.29, 1.82) is 0 Å². The zero-order chi connectivity index (χ0) is 15.4. The monoisotopic (exact) mass is 306 g/mol. The van der Waals surface area contributed by atoms with E-state index in [9.17, 15) is 10.1 Å². The summed E-state index contributed by atoms with van der Waals surface area (Å²) in [6, 6.07) is 12.5. The minimum Gasteiger partial charge on any atom is -0.495 e. The van der Waals surface area contributed by atoms with Gasteiger partial charge in [-0.15, -0.1) is 11.6 Å². The Balaban J connectivity index is 2.44. The molecule has 0 saturated heterocycles. The van der Waals surface area contributed by atoms with Crippen LogP contribution in [0, 0.1) is 10.1 Å². The molecule has 0 N–H and O–H groups in total. The Morgan fingerprint density at radius 3 is 2.62 bits per heavy atom. The molecule has 0 aliphatic heterocycles. The number of alkyl halides is 1. The van der Waals surface area contributed by atoms with E-state index in [1.54, 1.807) is 19.2 Å². The zero-order valence-corrected chi connectivity index (χ0v) is 12.5. The van der Waals surface area contributed by atoms with Crippen LogP contribution in [0.4, 0.5) is 17.1 Å². The van der Waals surface area contributed by atoms with E-state index in [1.807, 2.05) is 36.2 Å². The van der Waals surface area contributed by atoms with Gasteiger partial charge in [0, 0.05) is 24.4 Å². The van der Waals surface area contributed by atoms with Crippen molar-refractivity contribution >= 4 is 28.7 Å². The first-order chi connectivity index (χ1) is 10.1. The van der Waals surface area contributed by atoms with Crippen LogP contribution in [0.3, 0.4) is 0 Å². The van der Waals surface area contributed by atoms with E-state index in [0.717, 1.165) is 17.1 Å². The third kappa shape index (κ3) is 3.08. The van der Waals surface area contributed by atoms with Crippen molar-refractivity contribution in [2.45, 2.75) is 5.88 Å². The maximum absolute atomic E-state index is 10.9. The molecule has 0 saturated carbocycles. The van der Waals surface area contributed by atoms with Crippen LogP contribution in [0.1, 0.15) is 5.56 Å². The lowest BCUT2D eigenvalue weighted by atomic mass is 10.1. The molecule has 0 unspecified atom stereocenters. The molecule has 5 nitrogen and oxygen atoms in total. The normalized spacial score (nSPS) is 10.2. The van der Waals surface area contributed by atoms with Crippen molar-refractivity contribution in [3.05, 3.63) is 58.1 Å². The molecule has 0 heterocycles. The number of benzene rings is 2. The highest BCUT2D eigenvalue weighted by atomic mass is 35.5. The van der Waals surface area contributed by atoms with Crippen LogP contribution in [0.2, 0.25) is 0 Å². The summed E-state index contributed by atoms with van der Waals surface area (Å²) >= 11 is 5.81. The Morgan fingerprint density at radius 1 is 1.29 bits per heavy atom. The lowest BCUT2D eigenvalue weighted by Gasteiger charge is -2.22. The molecule has 0 atom stereocenters. The summed E-state index contributed by atoms with van der Waals surface area (Å²) in [4.78, 5) is 12.4. The summed E-state index contributed by atoms with van der Waals surface area (Å²) in [5, 5.41) is 10.9. The summed E-state index contributed by atoms with van der Waals surface area (Å²) < 4.78 is 5.33. The molecule has 0 aromatic heterocycles. The van der Waals surface area contributed by atoms with Gasteiger partial charge in [-0.2, -0.15) is 0 Å². The van der Waals surface area contributed by atoms with Gasteiger partial charge in [-0.1, -0.05) is 12.1 Å². The van der Waals surface area contributed by atoms with Gasteiger partial charge in [0.1, 0.15) is 5.75 Å². The van der Waals surface area contributed by atoms with Crippen LogP contribution in [0.25, 0.3) is 0 Å². The fraction of sp³-hybridized carbons (Fsp3) is 0.200. The van der Waals surface area contributed by atoms with Crippen molar-refractivity contribution in [3.8, 4) is 5.75 Å². The van der Waals surface area contributed by atoms with Crippen LogP contribution in [-0.2, 0) is 5.88 Å². The van der Waals surface area contributed by atoms with Crippen LogP contribution in [0.15, 0.2) is 42.5 Å². The van der Waals surface area contributed by atoms with Crippen molar-refractivity contribution in [2.75, 3.05) is 19.1 Å². The summed E-state index contributed by atoms with van der Waals surface area (Å²) in [5.74, 6) is 0.815. The van der Waals surface area contributed by atoms with E-state index < -0.39 is 4.92 Å². The zero-order valence-electron chi connectivity index (χ0n) is 11.7. The molecule has 110 valence electrons. The fourth-order valence-corrected chi connectivity index (χ4v) is 2.33. The molecular formula is C15H15ClN2O3. The average Bonchev–Trinajstić information content (AvgIpc) is 2.53. The van der Waals surface area contributed by atoms with E-state index in [4.69, 9.17) is 16.3 Å². The van der Waals surface area contributed by atoms with Crippen molar-refractivity contribution in [1.82, 2.24) is 0 Å². The molecular weight excluding hydrogens is 292 g/mol. The lowest BCUT2D eigenvalue weighted by Crippen LogP contribution is -2.11. The highest BCUT2D eigenvalue weighted by Gasteiger charge is 2.16. The molecule has 0 aliphatic carbocycles. The number of ether oxygens (including phenoxy) is 1. The molecule has 0 spiro atoms. The van der Waals surface area contributed by atoms with Gasteiger partial charge in [0.25, 0.3) is 5.69 Å². The molecule has 2 aromatic rings. The maximum Gasteiger partial charge on any atom is 0.273 e. The number of anilines is 2. The van der Waals surface area contributed by atoms with E-state index in [2.05, 4.69) is 0 Å². The van der Waals surface area contributed by atoms with Crippen molar-refractivity contribution < 1.29 is 9.66 Å². The molecule has 0 amide bonds. The number of hydrogen-bond donors (Lipinski definition) is 0. The van der Waals surface area contributed by atoms with Gasteiger partial charge < -0.3 is 9.64 Å². The average molecular weight is 307 g/mol. The van der Waals surface area contributed by atoms with Gasteiger partial charge in [-0.3, -0.25) is 10.1 Å². The second-order valence-corrected chi connectivity index (χ2v) is 4.70. The molecule has 2 aromatic carbocycles. The number of halogens is 1. The quantitative estimate of drug-likeness (QED) is 0.474. The van der Waals surface area contributed by atoms with Gasteiger partial charge in [-0.05, 0) is 24.3 Å². The minimum atomic E-state index is -0.426. The molecule has 0 bridgehead atoms. The number of nitro benzene ring substituents is 1. The number of para-hydroxylation sites is 2. The Morgan fingerprint density at radius 2 is 2.00 bits per heavy atom. The third-order valence-electron chi connectivity index (χ3n) is 3.24. The standard InChI is InChI=1S/C15H15ClN2O3/c1-17(14-5-3-4-6-15(14)21-2)12-7-8-13(18(19)20)11(9-12)10-16/h3-9H,10H2,1-2H3. The Bertz CT molecular complexity index is 661. The van der Waals surface area contributed by atoms with Gasteiger partial charge in [0.05, 0.1) is 23.6 Å². The first kappa shape index (κ1) is 15.1. The minimum absolute atomic E-state index is 0.0298. The van der Waals surface area contributed by atoms with Crippen LogP contribution < -0.4 is 9.64 Å². The Kier molecular flexibility index (Phi) is 4.65. The first-order valence-corrected chi connectivity index (χ1v) is 6.82. The van der Waals surface area contributed by atoms with Gasteiger partial charge in [0.2, 0.25) is 0 Å². The Labute approximate surface area is 127 Å². The predicted molar refractivity (Wildman–Crippen MR) is 83.7 cm³/mol. The first-order valence-electron chi connectivity index (χ1n) is 6.28. The number of hydrogen-bond acceptors (Lipinski definition) is 4. The number of rotatable bonds is 5. The topological polar surface area (TPSA) is 55.6 Å². The molecule has 21 heavy (non-hydrogen) atoms. The second-order valence-electron chi connectivity index (χ2n) is 4.43. The SMILES string of the molecule is COc1ccccc1N(C)c1ccc([N+](=O)[O-])c(CCl)c1. The third-order valence-corrected chi connectivity index (χ3v) is 3.53. The van der Waals surface area contributed by atoms with Gasteiger partial charge in [0.15, 0.2) is 0 Å². The van der Waals surface area contributed by atoms with Crippen LogP contribution >= 0.6 is 11.6 Å². The van der Waals surface area contributed by atoms with E-state index >= 15 is 0 Å². The summed E-state index contributed by atoms with van der Waals surface area (Å²) in [6.07, 6.45) is 0.